The number of nitrogens with zero attached hydrogens (tertiary/aromatic N) is 2. The summed E-state index contributed by atoms with van der Waals surface area (Å²) < 4.78 is 13.1. The van der Waals surface area contributed by atoms with Gasteiger partial charge in [0, 0.05) is 28.4 Å². The lowest BCUT2D eigenvalue weighted by Gasteiger charge is -2.28. The summed E-state index contributed by atoms with van der Waals surface area (Å²) in [5, 5.41) is 6.85. The summed E-state index contributed by atoms with van der Waals surface area (Å²) in [5.74, 6) is 0.584. The Morgan fingerprint density at radius 3 is 1.85 bits per heavy atom. The number of furan rings is 1. The molecule has 0 unspecified atom stereocenters. The van der Waals surface area contributed by atoms with E-state index in [0.717, 1.165) is 66.8 Å². The van der Waals surface area contributed by atoms with Crippen molar-refractivity contribution in [2.24, 2.45) is 0 Å². The standard InChI is InChI=1S/C57H36N2O2/c1-3-14-39(15-4-1)49-34-45(31-32-48(49)43-26-25-37-13-7-8-19-42(37)33-43)59(44-29-27-40(28-30-44)47-22-11-20-38-16-9-10-21-46(38)47)52-23-12-24-53-56(52)50-35-55-51(36-54(50)60-53)58-57(61-55)41-17-5-2-6-18-41/h1-36H. The van der Waals surface area contributed by atoms with Crippen molar-refractivity contribution in [1.82, 2.24) is 4.98 Å². The van der Waals surface area contributed by atoms with Crippen molar-refractivity contribution in [2.45, 2.75) is 0 Å². The Labute approximate surface area is 352 Å². The molecule has 2 aromatic heterocycles. The topological polar surface area (TPSA) is 42.4 Å². The third-order valence-corrected chi connectivity index (χ3v) is 11.9. The largest absolute Gasteiger partial charge is 0.456 e. The molecule has 0 aliphatic carbocycles. The minimum absolute atomic E-state index is 0.584. The molecule has 2 heterocycles. The Balaban J connectivity index is 1.07. The van der Waals surface area contributed by atoms with E-state index in [2.05, 4.69) is 181 Å². The van der Waals surface area contributed by atoms with Gasteiger partial charge in [0.2, 0.25) is 5.89 Å². The average Bonchev–Trinajstić information content (AvgIpc) is 3.92. The smallest absolute Gasteiger partial charge is 0.227 e. The van der Waals surface area contributed by atoms with Crippen LogP contribution in [-0.2, 0) is 0 Å². The Morgan fingerprint density at radius 1 is 0.344 bits per heavy atom. The lowest BCUT2D eigenvalue weighted by molar-refractivity contribution is 0.620. The van der Waals surface area contributed by atoms with Gasteiger partial charge in [-0.3, -0.25) is 0 Å². The zero-order valence-corrected chi connectivity index (χ0v) is 33.0. The van der Waals surface area contributed by atoms with Gasteiger partial charge in [-0.1, -0.05) is 152 Å². The minimum Gasteiger partial charge on any atom is -0.456 e. The summed E-state index contributed by atoms with van der Waals surface area (Å²) in [6.45, 7) is 0. The number of hydrogen-bond donors (Lipinski definition) is 0. The molecule has 4 heteroatoms. The molecule has 0 fully saturated rings. The molecule has 12 rings (SSSR count). The van der Waals surface area contributed by atoms with Gasteiger partial charge in [0.05, 0.1) is 11.1 Å². The van der Waals surface area contributed by atoms with Crippen LogP contribution in [0.25, 0.3) is 99.4 Å². The predicted molar refractivity (Wildman–Crippen MR) is 253 cm³/mol. The first kappa shape index (κ1) is 34.8. The van der Waals surface area contributed by atoms with Gasteiger partial charge < -0.3 is 13.7 Å². The first-order chi connectivity index (χ1) is 30.2. The lowest BCUT2D eigenvalue weighted by atomic mass is 9.92. The number of oxazole rings is 1. The van der Waals surface area contributed by atoms with Gasteiger partial charge >= 0.3 is 0 Å². The highest BCUT2D eigenvalue weighted by Crippen LogP contribution is 2.46. The summed E-state index contributed by atoms with van der Waals surface area (Å²) in [5.41, 5.74) is 14.0. The predicted octanol–water partition coefficient (Wildman–Crippen LogP) is 16.2. The fourth-order valence-corrected chi connectivity index (χ4v) is 8.95. The van der Waals surface area contributed by atoms with E-state index in [1.165, 1.54) is 38.2 Å². The van der Waals surface area contributed by atoms with Crippen molar-refractivity contribution < 1.29 is 8.83 Å². The van der Waals surface area contributed by atoms with E-state index in [1.54, 1.807) is 0 Å². The molecular formula is C57H36N2O2. The Morgan fingerprint density at radius 2 is 1.02 bits per heavy atom. The van der Waals surface area contributed by atoms with Gasteiger partial charge in [-0.05, 0) is 116 Å². The molecule has 0 spiro atoms. The van der Waals surface area contributed by atoms with Crippen LogP contribution in [0.4, 0.5) is 17.1 Å². The second-order valence-electron chi connectivity index (χ2n) is 15.5. The van der Waals surface area contributed by atoms with Crippen LogP contribution in [0.3, 0.4) is 0 Å². The lowest BCUT2D eigenvalue weighted by Crippen LogP contribution is -2.10. The molecule has 0 N–H and O–H groups in total. The molecular weight excluding hydrogens is 745 g/mol. The van der Waals surface area contributed by atoms with Crippen LogP contribution in [0.1, 0.15) is 0 Å². The Bertz CT molecular complexity index is 3580. The summed E-state index contributed by atoms with van der Waals surface area (Å²) in [6, 6.07) is 77.3. The number of rotatable bonds is 7. The van der Waals surface area contributed by atoms with Crippen LogP contribution in [0, 0.1) is 0 Å². The summed E-state index contributed by atoms with van der Waals surface area (Å²) in [6.07, 6.45) is 0. The van der Waals surface area contributed by atoms with E-state index in [1.807, 2.05) is 42.5 Å². The summed E-state index contributed by atoms with van der Waals surface area (Å²) >= 11 is 0. The number of hydrogen-bond acceptors (Lipinski definition) is 4. The maximum Gasteiger partial charge on any atom is 0.227 e. The molecule has 0 aliphatic rings. The van der Waals surface area contributed by atoms with Crippen molar-refractivity contribution in [3.05, 3.63) is 218 Å². The molecule has 12 aromatic rings. The molecule has 4 nitrogen and oxygen atoms in total. The van der Waals surface area contributed by atoms with E-state index >= 15 is 0 Å². The van der Waals surface area contributed by atoms with Crippen LogP contribution in [0.2, 0.25) is 0 Å². The van der Waals surface area contributed by atoms with Gasteiger partial charge in [0.25, 0.3) is 0 Å². The highest BCUT2D eigenvalue weighted by molar-refractivity contribution is 6.16. The number of anilines is 3. The van der Waals surface area contributed by atoms with Crippen molar-refractivity contribution in [2.75, 3.05) is 4.90 Å². The van der Waals surface area contributed by atoms with Gasteiger partial charge in [-0.2, -0.15) is 0 Å². The van der Waals surface area contributed by atoms with Gasteiger partial charge in [-0.15, -0.1) is 0 Å². The third-order valence-electron chi connectivity index (χ3n) is 11.9. The molecule has 0 saturated carbocycles. The SMILES string of the molecule is c1ccc(-c2nc3cc4oc5cccc(N(c6ccc(-c7cccc8ccccc78)cc6)c6ccc(-c7ccc8ccccc8c7)c(-c7ccccc7)c6)c5c4cc3o2)cc1. The highest BCUT2D eigenvalue weighted by Gasteiger charge is 2.23. The van der Waals surface area contributed by atoms with E-state index in [9.17, 15) is 0 Å². The quantitative estimate of drug-likeness (QED) is 0.162. The van der Waals surface area contributed by atoms with E-state index < -0.39 is 0 Å². The van der Waals surface area contributed by atoms with Crippen LogP contribution in [0.15, 0.2) is 227 Å². The van der Waals surface area contributed by atoms with Crippen molar-refractivity contribution in [3.8, 4) is 44.8 Å². The monoisotopic (exact) mass is 780 g/mol. The zero-order valence-electron chi connectivity index (χ0n) is 33.0. The molecule has 0 saturated heterocycles. The number of fused-ring (bicyclic) bond motifs is 6. The fourth-order valence-electron chi connectivity index (χ4n) is 8.95. The first-order valence-corrected chi connectivity index (χ1v) is 20.6. The molecule has 0 radical (unpaired) electrons. The molecule has 0 bridgehead atoms. The molecule has 0 amide bonds. The Kier molecular flexibility index (Phi) is 8.13. The summed E-state index contributed by atoms with van der Waals surface area (Å²) in [7, 11) is 0. The molecule has 0 atom stereocenters. The van der Waals surface area contributed by atoms with E-state index in [-0.39, 0.29) is 0 Å². The van der Waals surface area contributed by atoms with E-state index in [4.69, 9.17) is 13.8 Å². The van der Waals surface area contributed by atoms with Gasteiger partial charge in [0.1, 0.15) is 16.7 Å². The average molecular weight is 781 g/mol. The molecule has 61 heavy (non-hydrogen) atoms. The number of benzene rings is 10. The van der Waals surface area contributed by atoms with Gasteiger partial charge in [0.15, 0.2) is 5.58 Å². The van der Waals surface area contributed by atoms with Crippen molar-refractivity contribution in [3.63, 3.8) is 0 Å². The highest BCUT2D eigenvalue weighted by atomic mass is 16.4. The first-order valence-electron chi connectivity index (χ1n) is 20.6. The molecule has 0 aliphatic heterocycles. The third kappa shape index (κ3) is 6.04. The fraction of sp³-hybridized carbons (Fsp3) is 0. The second kappa shape index (κ2) is 14.3. The van der Waals surface area contributed by atoms with E-state index in [0.29, 0.717) is 11.5 Å². The van der Waals surface area contributed by atoms with Crippen molar-refractivity contribution in [1.29, 1.82) is 0 Å². The maximum atomic E-state index is 6.65. The maximum absolute atomic E-state index is 6.65. The normalized spacial score (nSPS) is 11.6. The van der Waals surface area contributed by atoms with Crippen LogP contribution in [0.5, 0.6) is 0 Å². The number of aromatic nitrogens is 1. The van der Waals surface area contributed by atoms with Gasteiger partial charge in [-0.25, -0.2) is 4.98 Å². The molecule has 286 valence electrons. The van der Waals surface area contributed by atoms with Crippen LogP contribution >= 0.6 is 0 Å². The summed E-state index contributed by atoms with van der Waals surface area (Å²) in [4.78, 5) is 7.22. The van der Waals surface area contributed by atoms with Crippen LogP contribution in [-0.4, -0.2) is 4.98 Å². The molecule has 10 aromatic carbocycles. The Hall–Kier alpha value is -8.21. The zero-order chi connectivity index (χ0) is 40.3. The van der Waals surface area contributed by atoms with Crippen molar-refractivity contribution >= 4 is 71.6 Å². The second-order valence-corrected chi connectivity index (χ2v) is 15.5. The van der Waals surface area contributed by atoms with Crippen LogP contribution < -0.4 is 4.90 Å². The minimum atomic E-state index is 0.584.